The van der Waals surface area contributed by atoms with E-state index in [1.165, 1.54) is 7.11 Å². The first kappa shape index (κ1) is 19.8. The molecular formula is C23H20ClN3O3. The van der Waals surface area contributed by atoms with Crippen molar-refractivity contribution in [3.05, 3.63) is 88.8 Å². The van der Waals surface area contributed by atoms with Crippen molar-refractivity contribution in [2.24, 2.45) is 0 Å². The van der Waals surface area contributed by atoms with Gasteiger partial charge in [0.15, 0.2) is 0 Å². The molecule has 0 saturated carbocycles. The highest BCUT2D eigenvalue weighted by Crippen LogP contribution is 2.28. The molecule has 2 aromatic heterocycles. The number of fused-ring (bicyclic) bond motifs is 1. The minimum absolute atomic E-state index is 0.288. The van der Waals surface area contributed by atoms with E-state index in [0.29, 0.717) is 34.4 Å². The van der Waals surface area contributed by atoms with E-state index in [9.17, 15) is 4.79 Å². The first-order valence-electron chi connectivity index (χ1n) is 9.34. The third-order valence-electron chi connectivity index (χ3n) is 4.54. The number of anilines is 1. The normalized spacial score (nSPS) is 10.8. The van der Waals surface area contributed by atoms with Crippen molar-refractivity contribution in [2.75, 3.05) is 12.4 Å². The Balaban J connectivity index is 1.46. The maximum atomic E-state index is 12.7. The lowest BCUT2D eigenvalue weighted by atomic mass is 10.2. The average Bonchev–Trinajstić information content (AvgIpc) is 3.14. The fourth-order valence-electron chi connectivity index (χ4n) is 3.08. The molecule has 0 aliphatic heterocycles. The van der Waals surface area contributed by atoms with Gasteiger partial charge >= 0.3 is 0 Å². The molecule has 0 unspecified atom stereocenters. The van der Waals surface area contributed by atoms with Crippen LogP contribution in [0.5, 0.6) is 11.5 Å². The number of carbonyl (C=O) groups excluding carboxylic acids is 1. The smallest absolute Gasteiger partial charge is 0.255 e. The third-order valence-corrected chi connectivity index (χ3v) is 4.78. The number of aryl methyl sites for hydroxylation is 1. The van der Waals surface area contributed by atoms with Gasteiger partial charge in [0, 0.05) is 23.0 Å². The van der Waals surface area contributed by atoms with Gasteiger partial charge in [-0.3, -0.25) is 4.79 Å². The summed E-state index contributed by atoms with van der Waals surface area (Å²) in [7, 11) is 1.54. The minimum Gasteiger partial charge on any atom is -0.495 e. The van der Waals surface area contributed by atoms with Crippen LogP contribution in [0.4, 0.5) is 5.69 Å². The number of aromatic nitrogens is 2. The molecule has 0 atom stereocenters. The van der Waals surface area contributed by atoms with Crippen LogP contribution in [0.25, 0.3) is 5.65 Å². The number of carbonyl (C=O) groups is 1. The molecule has 2 heterocycles. The summed E-state index contributed by atoms with van der Waals surface area (Å²) >= 11 is 6.03. The van der Waals surface area contributed by atoms with Crippen LogP contribution in [-0.2, 0) is 6.61 Å². The monoisotopic (exact) mass is 421 g/mol. The lowest BCUT2D eigenvalue weighted by molar-refractivity contribution is 0.102. The molecular weight excluding hydrogens is 402 g/mol. The molecule has 0 aliphatic carbocycles. The van der Waals surface area contributed by atoms with E-state index in [1.54, 1.807) is 42.5 Å². The highest BCUT2D eigenvalue weighted by atomic mass is 35.5. The first-order valence-corrected chi connectivity index (χ1v) is 9.71. The number of nitrogens with one attached hydrogen (secondary N) is 1. The van der Waals surface area contributed by atoms with E-state index in [-0.39, 0.29) is 5.91 Å². The number of pyridine rings is 1. The highest BCUT2D eigenvalue weighted by molar-refractivity contribution is 6.31. The van der Waals surface area contributed by atoms with Gasteiger partial charge in [0.1, 0.15) is 23.8 Å². The molecule has 2 aromatic carbocycles. The van der Waals surface area contributed by atoms with Gasteiger partial charge in [-0.25, -0.2) is 4.98 Å². The van der Waals surface area contributed by atoms with Crippen LogP contribution in [0.15, 0.2) is 67.0 Å². The zero-order valence-corrected chi connectivity index (χ0v) is 17.3. The van der Waals surface area contributed by atoms with Crippen molar-refractivity contribution in [1.82, 2.24) is 9.38 Å². The summed E-state index contributed by atoms with van der Waals surface area (Å²) in [6.07, 6.45) is 3.95. The van der Waals surface area contributed by atoms with E-state index in [2.05, 4.69) is 10.3 Å². The Morgan fingerprint density at radius 2 is 2.00 bits per heavy atom. The van der Waals surface area contributed by atoms with Gasteiger partial charge in [-0.15, -0.1) is 0 Å². The Bertz CT molecular complexity index is 1220. The lowest BCUT2D eigenvalue weighted by Crippen LogP contribution is -2.12. The number of hydrogen-bond acceptors (Lipinski definition) is 4. The molecule has 0 spiro atoms. The fraction of sp³-hybridized carbons (Fsp3) is 0.130. The quantitative estimate of drug-likeness (QED) is 0.468. The number of amides is 1. The summed E-state index contributed by atoms with van der Waals surface area (Å²) in [4.78, 5) is 17.2. The predicted octanol–water partition coefficient (Wildman–Crippen LogP) is 5.14. The topological polar surface area (TPSA) is 64.9 Å². The van der Waals surface area contributed by atoms with Crippen LogP contribution in [0.1, 0.15) is 21.6 Å². The molecule has 7 heteroatoms. The summed E-state index contributed by atoms with van der Waals surface area (Å²) in [5.74, 6) is 0.820. The van der Waals surface area contributed by atoms with Gasteiger partial charge in [-0.05, 0) is 55.0 Å². The summed E-state index contributed by atoms with van der Waals surface area (Å²) < 4.78 is 13.1. The van der Waals surface area contributed by atoms with Gasteiger partial charge in [-0.2, -0.15) is 0 Å². The molecule has 4 rings (SSSR count). The molecule has 0 bridgehead atoms. The Kier molecular flexibility index (Phi) is 5.59. The van der Waals surface area contributed by atoms with Crippen molar-refractivity contribution in [1.29, 1.82) is 0 Å². The number of methoxy groups -OCH3 is 1. The van der Waals surface area contributed by atoms with E-state index in [1.807, 2.05) is 35.9 Å². The second-order valence-corrected chi connectivity index (χ2v) is 7.26. The second-order valence-electron chi connectivity index (χ2n) is 6.82. The number of imidazole rings is 1. The zero-order valence-electron chi connectivity index (χ0n) is 16.6. The van der Waals surface area contributed by atoms with Crippen molar-refractivity contribution >= 4 is 28.8 Å². The summed E-state index contributed by atoms with van der Waals surface area (Å²) in [5, 5.41) is 3.33. The number of ether oxygens (including phenoxy) is 2. The first-order chi connectivity index (χ1) is 14.5. The van der Waals surface area contributed by atoms with Gasteiger partial charge < -0.3 is 19.2 Å². The number of hydrogen-bond donors (Lipinski definition) is 1. The molecule has 0 radical (unpaired) electrons. The maximum absolute atomic E-state index is 12.7. The molecule has 0 aliphatic rings. The SMILES string of the molecule is COc1ccc(Cl)cc1NC(=O)c1cccc(OCc2cn3cc(C)ccc3n2)c1. The molecule has 6 nitrogen and oxygen atoms in total. The number of benzene rings is 2. The van der Waals surface area contributed by atoms with Crippen molar-refractivity contribution < 1.29 is 14.3 Å². The van der Waals surface area contributed by atoms with Crippen molar-refractivity contribution in [3.63, 3.8) is 0 Å². The standard InChI is InChI=1S/C23H20ClN3O3/c1-15-6-9-22-25-18(13-27(22)12-15)14-30-19-5-3-4-16(10-19)23(28)26-20-11-17(24)7-8-21(20)29-2/h3-13H,14H2,1-2H3,(H,26,28). The van der Waals surface area contributed by atoms with Crippen LogP contribution < -0.4 is 14.8 Å². The molecule has 1 amide bonds. The average molecular weight is 422 g/mol. The Morgan fingerprint density at radius 1 is 1.13 bits per heavy atom. The van der Waals surface area contributed by atoms with Crippen LogP contribution in [0.3, 0.4) is 0 Å². The molecule has 30 heavy (non-hydrogen) atoms. The molecule has 152 valence electrons. The molecule has 1 N–H and O–H groups in total. The Morgan fingerprint density at radius 3 is 2.83 bits per heavy atom. The Hall–Kier alpha value is -3.51. The molecule has 4 aromatic rings. The van der Waals surface area contributed by atoms with Crippen LogP contribution in [0, 0.1) is 6.92 Å². The molecule has 0 saturated heterocycles. The van der Waals surface area contributed by atoms with Crippen LogP contribution in [-0.4, -0.2) is 22.4 Å². The molecule has 0 fully saturated rings. The second kappa shape index (κ2) is 8.47. The lowest BCUT2D eigenvalue weighted by Gasteiger charge is -2.11. The van der Waals surface area contributed by atoms with Crippen molar-refractivity contribution in [3.8, 4) is 11.5 Å². The minimum atomic E-state index is -0.288. The summed E-state index contributed by atoms with van der Waals surface area (Å²) in [5.41, 5.74) is 3.78. The van der Waals surface area contributed by atoms with Gasteiger partial charge in [0.2, 0.25) is 0 Å². The highest BCUT2D eigenvalue weighted by Gasteiger charge is 2.12. The van der Waals surface area contributed by atoms with Crippen LogP contribution in [0.2, 0.25) is 5.02 Å². The predicted molar refractivity (Wildman–Crippen MR) is 117 cm³/mol. The number of rotatable bonds is 6. The Labute approximate surface area is 179 Å². The van der Waals surface area contributed by atoms with Gasteiger partial charge in [0.25, 0.3) is 5.91 Å². The van der Waals surface area contributed by atoms with E-state index in [0.717, 1.165) is 16.9 Å². The van der Waals surface area contributed by atoms with Gasteiger partial charge in [-0.1, -0.05) is 23.7 Å². The zero-order chi connectivity index (χ0) is 21.1. The van der Waals surface area contributed by atoms with E-state index < -0.39 is 0 Å². The fourth-order valence-corrected chi connectivity index (χ4v) is 3.25. The number of nitrogens with zero attached hydrogens (tertiary/aromatic N) is 2. The van der Waals surface area contributed by atoms with E-state index >= 15 is 0 Å². The van der Waals surface area contributed by atoms with E-state index in [4.69, 9.17) is 21.1 Å². The summed E-state index contributed by atoms with van der Waals surface area (Å²) in [6.45, 7) is 2.33. The maximum Gasteiger partial charge on any atom is 0.255 e. The number of halogens is 1. The largest absolute Gasteiger partial charge is 0.495 e. The van der Waals surface area contributed by atoms with Crippen LogP contribution >= 0.6 is 11.6 Å². The third kappa shape index (κ3) is 4.39. The van der Waals surface area contributed by atoms with Crippen molar-refractivity contribution in [2.45, 2.75) is 13.5 Å². The summed E-state index contributed by atoms with van der Waals surface area (Å²) in [6, 6.07) is 16.0. The van der Waals surface area contributed by atoms with Gasteiger partial charge in [0.05, 0.1) is 18.5 Å².